The van der Waals surface area contributed by atoms with Gasteiger partial charge < -0.3 is 19.7 Å². The SMILES string of the molecule is O=C(NC1CCN(C(=O)CCc2ccc3c(c2)OCO3)CC1)c1ccccc1. The summed E-state index contributed by atoms with van der Waals surface area (Å²) in [5.41, 5.74) is 1.74. The number of carbonyl (C=O) groups is 2. The summed E-state index contributed by atoms with van der Waals surface area (Å²) in [6.07, 6.45) is 2.73. The van der Waals surface area contributed by atoms with Crippen LogP contribution in [-0.2, 0) is 11.2 Å². The highest BCUT2D eigenvalue weighted by molar-refractivity contribution is 5.94. The molecule has 2 heterocycles. The quantitative estimate of drug-likeness (QED) is 0.866. The van der Waals surface area contributed by atoms with Gasteiger partial charge in [-0.3, -0.25) is 9.59 Å². The van der Waals surface area contributed by atoms with Gasteiger partial charge in [0, 0.05) is 31.1 Å². The van der Waals surface area contributed by atoms with Gasteiger partial charge in [0.25, 0.3) is 5.91 Å². The number of ether oxygens (including phenoxy) is 2. The van der Waals surface area contributed by atoms with E-state index in [2.05, 4.69) is 5.32 Å². The van der Waals surface area contributed by atoms with Crippen molar-refractivity contribution in [2.24, 2.45) is 0 Å². The lowest BCUT2D eigenvalue weighted by Gasteiger charge is -2.32. The average Bonchev–Trinajstić information content (AvgIpc) is 3.21. The lowest BCUT2D eigenvalue weighted by atomic mass is 10.0. The summed E-state index contributed by atoms with van der Waals surface area (Å²) in [7, 11) is 0. The minimum absolute atomic E-state index is 0.0480. The molecule has 28 heavy (non-hydrogen) atoms. The lowest BCUT2D eigenvalue weighted by molar-refractivity contribution is -0.132. The fourth-order valence-electron chi connectivity index (χ4n) is 3.64. The van der Waals surface area contributed by atoms with E-state index in [-0.39, 0.29) is 24.6 Å². The number of benzene rings is 2. The van der Waals surface area contributed by atoms with E-state index in [1.165, 1.54) is 0 Å². The molecule has 2 aliphatic rings. The minimum atomic E-state index is -0.0480. The number of piperidine rings is 1. The van der Waals surface area contributed by atoms with Gasteiger partial charge in [0.15, 0.2) is 11.5 Å². The zero-order valence-electron chi connectivity index (χ0n) is 15.7. The molecular formula is C22H24N2O4. The van der Waals surface area contributed by atoms with Gasteiger partial charge in [-0.2, -0.15) is 0 Å². The monoisotopic (exact) mass is 380 g/mol. The van der Waals surface area contributed by atoms with Gasteiger partial charge >= 0.3 is 0 Å². The first kappa shape index (κ1) is 18.3. The summed E-state index contributed by atoms with van der Waals surface area (Å²) >= 11 is 0. The van der Waals surface area contributed by atoms with E-state index in [1.54, 1.807) is 0 Å². The number of amides is 2. The van der Waals surface area contributed by atoms with Gasteiger partial charge in [-0.15, -0.1) is 0 Å². The molecule has 0 aromatic heterocycles. The summed E-state index contributed by atoms with van der Waals surface area (Å²) in [6, 6.07) is 15.2. The molecule has 0 saturated carbocycles. The van der Waals surface area contributed by atoms with E-state index in [9.17, 15) is 9.59 Å². The normalized spacial score (nSPS) is 16.1. The maximum absolute atomic E-state index is 12.5. The van der Waals surface area contributed by atoms with Crippen LogP contribution in [0.5, 0.6) is 11.5 Å². The van der Waals surface area contributed by atoms with E-state index >= 15 is 0 Å². The van der Waals surface area contributed by atoms with Crippen LogP contribution in [0.4, 0.5) is 0 Å². The van der Waals surface area contributed by atoms with E-state index in [0.29, 0.717) is 31.5 Å². The van der Waals surface area contributed by atoms with E-state index in [0.717, 1.165) is 29.9 Å². The number of aryl methyl sites for hydroxylation is 1. The molecule has 1 fully saturated rings. The second-order valence-corrected chi connectivity index (χ2v) is 7.18. The number of hydrogen-bond acceptors (Lipinski definition) is 4. The summed E-state index contributed by atoms with van der Waals surface area (Å²) in [6.45, 7) is 1.62. The van der Waals surface area contributed by atoms with Gasteiger partial charge in [0.05, 0.1) is 0 Å². The molecule has 0 aliphatic carbocycles. The number of nitrogens with one attached hydrogen (secondary N) is 1. The highest BCUT2D eigenvalue weighted by Crippen LogP contribution is 2.32. The van der Waals surface area contributed by atoms with Crippen LogP contribution in [0.15, 0.2) is 48.5 Å². The lowest BCUT2D eigenvalue weighted by Crippen LogP contribution is -2.46. The van der Waals surface area contributed by atoms with Crippen LogP contribution in [-0.4, -0.2) is 42.6 Å². The fraction of sp³-hybridized carbons (Fsp3) is 0.364. The molecule has 0 atom stereocenters. The standard InChI is InChI=1S/C22H24N2O4/c25-21(9-7-16-6-8-19-20(14-16)28-15-27-19)24-12-10-18(11-13-24)23-22(26)17-4-2-1-3-5-17/h1-6,8,14,18H,7,9-13,15H2,(H,23,26). The third-order valence-electron chi connectivity index (χ3n) is 5.28. The topological polar surface area (TPSA) is 67.9 Å². The average molecular weight is 380 g/mol. The summed E-state index contributed by atoms with van der Waals surface area (Å²) in [5.74, 6) is 1.62. The van der Waals surface area contributed by atoms with Crippen molar-refractivity contribution >= 4 is 11.8 Å². The smallest absolute Gasteiger partial charge is 0.251 e. The molecule has 0 spiro atoms. The predicted octanol–water partition coefficient (Wildman–Crippen LogP) is 2.77. The molecule has 2 aromatic carbocycles. The van der Waals surface area contributed by atoms with Gasteiger partial charge in [0.1, 0.15) is 0 Å². The van der Waals surface area contributed by atoms with E-state index in [4.69, 9.17) is 9.47 Å². The van der Waals surface area contributed by atoms with Crippen molar-refractivity contribution < 1.29 is 19.1 Å². The third-order valence-corrected chi connectivity index (χ3v) is 5.28. The first-order valence-corrected chi connectivity index (χ1v) is 9.71. The van der Waals surface area contributed by atoms with Crippen LogP contribution in [0.25, 0.3) is 0 Å². The summed E-state index contributed by atoms with van der Waals surface area (Å²) < 4.78 is 10.7. The molecule has 1 saturated heterocycles. The molecule has 6 heteroatoms. The summed E-state index contributed by atoms with van der Waals surface area (Å²) in [5, 5.41) is 3.07. The van der Waals surface area contributed by atoms with Crippen molar-refractivity contribution in [3.05, 3.63) is 59.7 Å². The van der Waals surface area contributed by atoms with Crippen LogP contribution >= 0.6 is 0 Å². The number of carbonyl (C=O) groups excluding carboxylic acids is 2. The van der Waals surface area contributed by atoms with E-state index in [1.807, 2.05) is 53.4 Å². The number of nitrogens with zero attached hydrogens (tertiary/aromatic N) is 1. The molecule has 146 valence electrons. The zero-order valence-corrected chi connectivity index (χ0v) is 15.7. The van der Waals surface area contributed by atoms with Crippen LogP contribution in [0.2, 0.25) is 0 Å². The Labute approximate surface area is 164 Å². The van der Waals surface area contributed by atoms with Gasteiger partial charge in [-0.25, -0.2) is 0 Å². The number of rotatable bonds is 5. The van der Waals surface area contributed by atoms with Crippen molar-refractivity contribution in [2.75, 3.05) is 19.9 Å². The second-order valence-electron chi connectivity index (χ2n) is 7.18. The van der Waals surface area contributed by atoms with Gasteiger partial charge in [-0.05, 0) is 49.1 Å². The number of likely N-dealkylation sites (tertiary alicyclic amines) is 1. The van der Waals surface area contributed by atoms with Crippen LogP contribution < -0.4 is 14.8 Å². The molecule has 4 rings (SSSR count). The highest BCUT2D eigenvalue weighted by atomic mass is 16.7. The predicted molar refractivity (Wildman–Crippen MR) is 104 cm³/mol. The molecule has 2 amide bonds. The Morgan fingerprint density at radius 1 is 1.00 bits per heavy atom. The first-order chi connectivity index (χ1) is 13.7. The maximum atomic E-state index is 12.5. The van der Waals surface area contributed by atoms with Crippen molar-refractivity contribution in [1.29, 1.82) is 0 Å². The Morgan fingerprint density at radius 3 is 2.54 bits per heavy atom. The molecule has 2 aliphatic heterocycles. The van der Waals surface area contributed by atoms with Crippen molar-refractivity contribution in [3.8, 4) is 11.5 Å². The Bertz CT molecular complexity index is 845. The summed E-state index contributed by atoms with van der Waals surface area (Å²) in [4.78, 5) is 26.7. The Morgan fingerprint density at radius 2 is 1.75 bits per heavy atom. The minimum Gasteiger partial charge on any atom is -0.454 e. The number of fused-ring (bicyclic) bond motifs is 1. The molecule has 6 nitrogen and oxygen atoms in total. The van der Waals surface area contributed by atoms with Crippen LogP contribution in [0, 0.1) is 0 Å². The Balaban J connectivity index is 1.22. The molecule has 0 bridgehead atoms. The molecule has 1 N–H and O–H groups in total. The third kappa shape index (κ3) is 4.27. The zero-order chi connectivity index (χ0) is 19.3. The Kier molecular flexibility index (Phi) is 5.46. The van der Waals surface area contributed by atoms with Crippen molar-refractivity contribution in [3.63, 3.8) is 0 Å². The van der Waals surface area contributed by atoms with Crippen molar-refractivity contribution in [1.82, 2.24) is 10.2 Å². The highest BCUT2D eigenvalue weighted by Gasteiger charge is 2.24. The van der Waals surface area contributed by atoms with Gasteiger partial charge in [-0.1, -0.05) is 24.3 Å². The van der Waals surface area contributed by atoms with Crippen LogP contribution in [0.1, 0.15) is 35.2 Å². The van der Waals surface area contributed by atoms with E-state index < -0.39 is 0 Å². The van der Waals surface area contributed by atoms with Crippen LogP contribution in [0.3, 0.4) is 0 Å². The largest absolute Gasteiger partial charge is 0.454 e. The fourth-order valence-corrected chi connectivity index (χ4v) is 3.64. The van der Waals surface area contributed by atoms with Crippen molar-refractivity contribution in [2.45, 2.75) is 31.7 Å². The first-order valence-electron chi connectivity index (χ1n) is 9.71. The Hall–Kier alpha value is -3.02. The van der Waals surface area contributed by atoms with Gasteiger partial charge in [0.2, 0.25) is 12.7 Å². The molecule has 0 unspecified atom stereocenters. The second kappa shape index (κ2) is 8.33. The molecule has 0 radical (unpaired) electrons. The maximum Gasteiger partial charge on any atom is 0.251 e. The molecular weight excluding hydrogens is 356 g/mol. The molecule has 2 aromatic rings. The number of hydrogen-bond donors (Lipinski definition) is 1.